The van der Waals surface area contributed by atoms with Crippen LogP contribution in [0.3, 0.4) is 0 Å². The predicted molar refractivity (Wildman–Crippen MR) is 74.3 cm³/mol. The summed E-state index contributed by atoms with van der Waals surface area (Å²) in [7, 11) is 1.75. The molecule has 0 aliphatic carbocycles. The van der Waals surface area contributed by atoms with Gasteiger partial charge in [-0.15, -0.1) is 0 Å². The summed E-state index contributed by atoms with van der Waals surface area (Å²) in [5.74, 6) is -0.141. The molecule has 106 valence electrons. The highest BCUT2D eigenvalue weighted by atomic mass is 16.5. The first kappa shape index (κ1) is 13.0. The lowest BCUT2D eigenvalue weighted by molar-refractivity contribution is 0.0256. The molecule has 2 heterocycles. The third-order valence-corrected chi connectivity index (χ3v) is 3.71. The van der Waals surface area contributed by atoms with E-state index in [0.717, 1.165) is 42.7 Å². The molecule has 2 aromatic rings. The van der Waals surface area contributed by atoms with Crippen molar-refractivity contribution in [1.82, 2.24) is 4.57 Å². The molecule has 20 heavy (non-hydrogen) atoms. The first-order chi connectivity index (χ1) is 9.65. The number of fused-ring (bicyclic) bond motifs is 1. The maximum Gasteiger partial charge on any atom is 0.352 e. The van der Waals surface area contributed by atoms with Crippen LogP contribution in [0.4, 0.5) is 0 Å². The molecule has 1 N–H and O–H groups in total. The van der Waals surface area contributed by atoms with Crippen LogP contribution >= 0.6 is 0 Å². The number of aromatic carboxylic acids is 1. The highest BCUT2D eigenvalue weighted by Crippen LogP contribution is 2.26. The number of carboxylic acids is 1. The van der Waals surface area contributed by atoms with Crippen molar-refractivity contribution in [3.05, 3.63) is 30.0 Å². The van der Waals surface area contributed by atoms with Gasteiger partial charge in [0.2, 0.25) is 0 Å². The minimum atomic E-state index is -0.921. The molecule has 5 heteroatoms. The number of nitrogens with zero attached hydrogens (tertiary/aromatic N) is 1. The van der Waals surface area contributed by atoms with Gasteiger partial charge in [-0.3, -0.25) is 0 Å². The summed E-state index contributed by atoms with van der Waals surface area (Å²) in [6.45, 7) is 1.47. The van der Waals surface area contributed by atoms with Crippen molar-refractivity contribution >= 4 is 16.9 Å². The summed E-state index contributed by atoms with van der Waals surface area (Å²) in [5.41, 5.74) is 1.15. The maximum absolute atomic E-state index is 11.1. The van der Waals surface area contributed by atoms with Crippen LogP contribution in [0.5, 0.6) is 5.75 Å². The highest BCUT2D eigenvalue weighted by Gasteiger charge is 2.17. The number of rotatable bonds is 3. The van der Waals surface area contributed by atoms with Crippen LogP contribution in [0.25, 0.3) is 10.9 Å². The van der Waals surface area contributed by atoms with Crippen molar-refractivity contribution < 1.29 is 19.4 Å². The number of carbonyl (C=O) groups is 1. The number of hydrogen-bond acceptors (Lipinski definition) is 3. The molecule has 5 nitrogen and oxygen atoms in total. The van der Waals surface area contributed by atoms with E-state index in [4.69, 9.17) is 14.6 Å². The minimum Gasteiger partial charge on any atom is -0.490 e. The Morgan fingerprint density at radius 1 is 1.35 bits per heavy atom. The summed E-state index contributed by atoms with van der Waals surface area (Å²) in [5, 5.41) is 10.0. The fourth-order valence-corrected chi connectivity index (χ4v) is 2.57. The Hall–Kier alpha value is -2.01. The van der Waals surface area contributed by atoms with Gasteiger partial charge in [0.25, 0.3) is 0 Å². The van der Waals surface area contributed by atoms with Crippen LogP contribution in [0, 0.1) is 0 Å². The standard InChI is InChI=1S/C15H17NO4/c1-16-13-9-12(20-11-4-6-19-7-5-11)3-2-10(13)8-14(16)15(17)18/h2-3,8-9,11H,4-7H2,1H3,(H,17,18). The summed E-state index contributed by atoms with van der Waals surface area (Å²) in [6.07, 6.45) is 1.97. The average Bonchev–Trinajstić information content (AvgIpc) is 2.77. The predicted octanol–water partition coefficient (Wildman–Crippen LogP) is 2.43. The fourth-order valence-electron chi connectivity index (χ4n) is 2.57. The molecule has 0 unspecified atom stereocenters. The summed E-state index contributed by atoms with van der Waals surface area (Å²) >= 11 is 0. The van der Waals surface area contributed by atoms with Gasteiger partial charge >= 0.3 is 5.97 Å². The molecule has 0 atom stereocenters. The fraction of sp³-hybridized carbons (Fsp3) is 0.400. The van der Waals surface area contributed by atoms with Crippen molar-refractivity contribution in [2.45, 2.75) is 18.9 Å². The van der Waals surface area contributed by atoms with E-state index in [9.17, 15) is 4.79 Å². The van der Waals surface area contributed by atoms with Crippen LogP contribution in [0.15, 0.2) is 24.3 Å². The molecule has 0 radical (unpaired) electrons. The summed E-state index contributed by atoms with van der Waals surface area (Å²) < 4.78 is 12.9. The first-order valence-electron chi connectivity index (χ1n) is 6.72. The SMILES string of the molecule is Cn1c(C(=O)O)cc2ccc(OC3CCOCC3)cc21. The largest absolute Gasteiger partial charge is 0.490 e. The van der Waals surface area contributed by atoms with Crippen molar-refractivity contribution in [2.24, 2.45) is 7.05 Å². The lowest BCUT2D eigenvalue weighted by Crippen LogP contribution is -2.25. The molecule has 0 bridgehead atoms. The molecule has 1 saturated heterocycles. The minimum absolute atomic E-state index is 0.181. The van der Waals surface area contributed by atoms with Gasteiger partial charge in [0.1, 0.15) is 17.5 Å². The van der Waals surface area contributed by atoms with Gasteiger partial charge in [-0.2, -0.15) is 0 Å². The quantitative estimate of drug-likeness (QED) is 0.934. The Morgan fingerprint density at radius 3 is 2.80 bits per heavy atom. The second-order valence-electron chi connectivity index (χ2n) is 5.04. The van der Waals surface area contributed by atoms with E-state index in [2.05, 4.69) is 0 Å². The van der Waals surface area contributed by atoms with E-state index in [-0.39, 0.29) is 11.8 Å². The second-order valence-corrected chi connectivity index (χ2v) is 5.04. The highest BCUT2D eigenvalue weighted by molar-refractivity contribution is 5.94. The number of hydrogen-bond donors (Lipinski definition) is 1. The van der Waals surface area contributed by atoms with Crippen LogP contribution < -0.4 is 4.74 Å². The molecule has 0 spiro atoms. The Kier molecular flexibility index (Phi) is 3.36. The van der Waals surface area contributed by atoms with Gasteiger partial charge in [-0.1, -0.05) is 0 Å². The maximum atomic E-state index is 11.1. The molecule has 1 fully saturated rings. The van der Waals surface area contributed by atoms with Gasteiger partial charge in [0.05, 0.1) is 18.7 Å². The lowest BCUT2D eigenvalue weighted by atomic mass is 10.1. The molecular weight excluding hydrogens is 258 g/mol. The Bertz CT molecular complexity index is 641. The van der Waals surface area contributed by atoms with Gasteiger partial charge in [-0.25, -0.2) is 4.79 Å². The third kappa shape index (κ3) is 2.36. The molecule has 1 aromatic heterocycles. The smallest absolute Gasteiger partial charge is 0.352 e. The van der Waals surface area contributed by atoms with Crippen molar-refractivity contribution in [3.63, 3.8) is 0 Å². The van der Waals surface area contributed by atoms with E-state index in [1.165, 1.54) is 0 Å². The second kappa shape index (κ2) is 5.17. The van der Waals surface area contributed by atoms with E-state index in [0.29, 0.717) is 0 Å². The molecule has 1 aromatic carbocycles. The molecular formula is C15H17NO4. The van der Waals surface area contributed by atoms with Crippen LogP contribution in [-0.4, -0.2) is 35.0 Å². The van der Waals surface area contributed by atoms with Crippen LogP contribution in [-0.2, 0) is 11.8 Å². The number of aromatic nitrogens is 1. The molecule has 0 amide bonds. The molecule has 1 aliphatic heterocycles. The zero-order valence-electron chi connectivity index (χ0n) is 11.3. The Labute approximate surface area is 116 Å². The Morgan fingerprint density at radius 2 is 2.10 bits per heavy atom. The third-order valence-electron chi connectivity index (χ3n) is 3.71. The van der Waals surface area contributed by atoms with Crippen LogP contribution in [0.1, 0.15) is 23.3 Å². The van der Waals surface area contributed by atoms with Gasteiger partial charge in [-0.05, 0) is 18.2 Å². The topological polar surface area (TPSA) is 60.7 Å². The molecule has 0 saturated carbocycles. The van der Waals surface area contributed by atoms with E-state index in [1.807, 2.05) is 18.2 Å². The monoisotopic (exact) mass is 275 g/mol. The number of carboxylic acid groups (broad SMARTS) is 1. The van der Waals surface area contributed by atoms with E-state index >= 15 is 0 Å². The number of ether oxygens (including phenoxy) is 2. The zero-order chi connectivity index (χ0) is 14.1. The van der Waals surface area contributed by atoms with Crippen LogP contribution in [0.2, 0.25) is 0 Å². The normalized spacial score (nSPS) is 16.4. The molecule has 3 rings (SSSR count). The van der Waals surface area contributed by atoms with Crippen molar-refractivity contribution in [2.75, 3.05) is 13.2 Å². The number of benzene rings is 1. The summed E-state index contributed by atoms with van der Waals surface area (Å²) in [6, 6.07) is 7.37. The van der Waals surface area contributed by atoms with Crippen molar-refractivity contribution in [1.29, 1.82) is 0 Å². The first-order valence-corrected chi connectivity index (χ1v) is 6.72. The lowest BCUT2D eigenvalue weighted by Gasteiger charge is -2.23. The van der Waals surface area contributed by atoms with E-state index in [1.54, 1.807) is 17.7 Å². The van der Waals surface area contributed by atoms with Crippen molar-refractivity contribution in [3.8, 4) is 5.75 Å². The van der Waals surface area contributed by atoms with E-state index < -0.39 is 5.97 Å². The average molecular weight is 275 g/mol. The zero-order valence-corrected chi connectivity index (χ0v) is 11.3. The van der Waals surface area contributed by atoms with Gasteiger partial charge in [0.15, 0.2) is 0 Å². The number of aryl methyl sites for hydroxylation is 1. The van der Waals surface area contributed by atoms with Gasteiger partial charge < -0.3 is 19.1 Å². The Balaban J connectivity index is 1.89. The molecule has 1 aliphatic rings. The summed E-state index contributed by atoms with van der Waals surface area (Å²) in [4.78, 5) is 11.1. The van der Waals surface area contributed by atoms with Gasteiger partial charge in [0, 0.05) is 31.3 Å².